The van der Waals surface area contributed by atoms with Gasteiger partial charge < -0.3 is 24.9 Å². The van der Waals surface area contributed by atoms with E-state index in [0.717, 1.165) is 18.4 Å². The molecule has 9 nitrogen and oxygen atoms in total. The Hall–Kier alpha value is -3.01. The van der Waals surface area contributed by atoms with Crippen LogP contribution in [-0.4, -0.2) is 104 Å². The van der Waals surface area contributed by atoms with Gasteiger partial charge in [-0.15, -0.1) is 0 Å². The Bertz CT molecular complexity index is 1190. The average Bonchev–Trinajstić information content (AvgIpc) is 3.71. The predicted octanol–water partition coefficient (Wildman–Crippen LogP) is 4.36. The number of hydrogen-bond donors (Lipinski definition) is 0. The van der Waals surface area contributed by atoms with Gasteiger partial charge in [0.1, 0.15) is 12.5 Å². The molecule has 1 spiro atoms. The Morgan fingerprint density at radius 1 is 1.10 bits per heavy atom. The van der Waals surface area contributed by atoms with Crippen molar-refractivity contribution in [3.05, 3.63) is 35.0 Å². The lowest BCUT2D eigenvalue weighted by molar-refractivity contribution is -0.461. The van der Waals surface area contributed by atoms with Crippen LogP contribution >= 0.6 is 0 Å². The molecule has 4 saturated heterocycles. The second kappa shape index (κ2) is 11.3. The third-order valence-electron chi connectivity index (χ3n) is 10.3. The van der Waals surface area contributed by atoms with Gasteiger partial charge in [-0.05, 0) is 108 Å². The lowest BCUT2D eigenvalue weighted by atomic mass is 9.77. The minimum atomic E-state index is -0.855. The molecule has 5 fully saturated rings. The smallest absolute Gasteiger partial charge is 0.410 e. The van der Waals surface area contributed by atoms with Gasteiger partial charge in [0, 0.05) is 25.7 Å². The Balaban J connectivity index is 1.05. The van der Waals surface area contributed by atoms with Gasteiger partial charge in [0.25, 0.3) is 0 Å². The van der Waals surface area contributed by atoms with Crippen molar-refractivity contribution in [1.82, 2.24) is 9.80 Å². The molecule has 0 bridgehead atoms. The standard InChI is InChI=1S/C31H43FN6O3/c1-33-20-31(21-34-35(2)22-31)41-29(40)37-16-11-30(12-17-37)13-18-38(28(30)39)27-10-7-24(19-26(27)32)23-5-8-25(9-6-23)36-14-3-4-15-36/h7,10,19,23,25H,1-6,8-9,11-18,20-22H2. The number of carbonyl (C=O) groups excluding carboxylic acids is 2. The van der Waals surface area contributed by atoms with Crippen LogP contribution in [0.3, 0.4) is 0 Å². The van der Waals surface area contributed by atoms with E-state index in [1.165, 1.54) is 43.5 Å². The molecule has 1 aromatic carbocycles. The Morgan fingerprint density at radius 3 is 2.44 bits per heavy atom. The van der Waals surface area contributed by atoms with Crippen molar-refractivity contribution in [2.45, 2.75) is 75.3 Å². The highest BCUT2D eigenvalue weighted by Gasteiger charge is 2.50. The Labute approximate surface area is 242 Å². The van der Waals surface area contributed by atoms with Gasteiger partial charge in [0.2, 0.25) is 5.91 Å². The normalized spacial score (nSPS) is 30.2. The monoisotopic (exact) mass is 566 g/mol. The summed E-state index contributed by atoms with van der Waals surface area (Å²) < 4.78 is 22.9. The van der Waals surface area contributed by atoms with Crippen LogP contribution in [0.5, 0.6) is 0 Å². The molecule has 4 aliphatic heterocycles. The van der Waals surface area contributed by atoms with Crippen LogP contribution < -0.4 is 4.90 Å². The van der Waals surface area contributed by atoms with Crippen molar-refractivity contribution in [1.29, 1.82) is 0 Å². The highest BCUT2D eigenvalue weighted by molar-refractivity contribution is 6.00. The first kappa shape index (κ1) is 28.1. The zero-order chi connectivity index (χ0) is 28.6. The van der Waals surface area contributed by atoms with Crippen LogP contribution in [0.15, 0.2) is 23.2 Å². The number of anilines is 1. The zero-order valence-corrected chi connectivity index (χ0v) is 24.1. The summed E-state index contributed by atoms with van der Waals surface area (Å²) in [4.78, 5) is 36.6. The minimum absolute atomic E-state index is 0.0297. The fraction of sp³-hybridized carbons (Fsp3) is 0.677. The molecular formula is C31H43FN6O3. The third-order valence-corrected chi connectivity index (χ3v) is 10.3. The summed E-state index contributed by atoms with van der Waals surface area (Å²) in [5.74, 6) is 0.0501. The van der Waals surface area contributed by atoms with E-state index in [-0.39, 0.29) is 18.3 Å². The van der Waals surface area contributed by atoms with Crippen LogP contribution in [-0.2, 0) is 9.53 Å². The maximum atomic E-state index is 15.5. The highest BCUT2D eigenvalue weighted by Crippen LogP contribution is 2.44. The fourth-order valence-electron chi connectivity index (χ4n) is 7.82. The number of likely N-dealkylation sites (tertiary alicyclic amines) is 2. The summed E-state index contributed by atoms with van der Waals surface area (Å²) in [5, 5.41) is 0. The lowest BCUT2D eigenvalue weighted by Gasteiger charge is -2.38. The average molecular weight is 567 g/mol. The van der Waals surface area contributed by atoms with E-state index < -0.39 is 17.1 Å². The number of aliphatic imine (C=N–C) groups is 1. The molecule has 1 aliphatic carbocycles. The molecule has 0 radical (unpaired) electrons. The van der Waals surface area contributed by atoms with Crippen molar-refractivity contribution in [2.75, 3.05) is 57.3 Å². The molecule has 1 aromatic rings. The van der Waals surface area contributed by atoms with Crippen LogP contribution in [0, 0.1) is 11.2 Å². The number of carbonyl (C=O) groups is 2. The second-order valence-corrected chi connectivity index (χ2v) is 12.8. The van der Waals surface area contributed by atoms with E-state index in [2.05, 4.69) is 28.8 Å². The molecule has 0 N–H and O–H groups in total. The minimum Gasteiger partial charge on any atom is -0.437 e. The van der Waals surface area contributed by atoms with Gasteiger partial charge in [-0.25, -0.2) is 9.18 Å². The molecule has 4 heterocycles. The number of piperidine rings is 1. The first-order valence-electron chi connectivity index (χ1n) is 15.3. The molecule has 6 rings (SSSR count). The van der Waals surface area contributed by atoms with Gasteiger partial charge in [-0.3, -0.25) is 14.5 Å². The summed E-state index contributed by atoms with van der Waals surface area (Å²) >= 11 is 0. The molecular weight excluding hydrogens is 523 g/mol. The first-order valence-corrected chi connectivity index (χ1v) is 15.3. The molecule has 2 amide bonds. The molecule has 41 heavy (non-hydrogen) atoms. The summed E-state index contributed by atoms with van der Waals surface area (Å²) in [6, 6.07) is 6.20. The van der Waals surface area contributed by atoms with Gasteiger partial charge >= 0.3 is 6.09 Å². The van der Waals surface area contributed by atoms with Gasteiger partial charge in [0.15, 0.2) is 12.1 Å². The summed E-state index contributed by atoms with van der Waals surface area (Å²) in [6.45, 7) is 12.1. The fourth-order valence-corrected chi connectivity index (χ4v) is 7.82. The Kier molecular flexibility index (Phi) is 7.78. The third kappa shape index (κ3) is 5.47. The SMILES string of the molecule is C=NCC1(OC(=O)N2CCC3(CC2)CCN(c2ccc(C4CCC(N5CCCC5)CC4)cc2F)C3=O)C[N-][N+](=C)C1. The number of benzene rings is 1. The molecule has 1 atom stereocenters. The van der Waals surface area contributed by atoms with Crippen molar-refractivity contribution in [2.24, 2.45) is 10.4 Å². The van der Waals surface area contributed by atoms with Crippen molar-refractivity contribution >= 4 is 31.1 Å². The summed E-state index contributed by atoms with van der Waals surface area (Å²) in [7, 11) is 0. The first-order chi connectivity index (χ1) is 19.8. The number of rotatable bonds is 6. The number of halogens is 1. The van der Waals surface area contributed by atoms with Crippen molar-refractivity contribution in [3.63, 3.8) is 0 Å². The molecule has 5 aliphatic rings. The van der Waals surface area contributed by atoms with Gasteiger partial charge in [0.05, 0.1) is 17.6 Å². The highest BCUT2D eigenvalue weighted by atomic mass is 19.1. The Morgan fingerprint density at radius 2 is 1.80 bits per heavy atom. The van der Waals surface area contributed by atoms with E-state index in [9.17, 15) is 9.59 Å². The topological polar surface area (TPSA) is 82.6 Å². The molecule has 222 valence electrons. The maximum Gasteiger partial charge on any atom is 0.410 e. The molecule has 1 saturated carbocycles. The largest absolute Gasteiger partial charge is 0.437 e. The number of ether oxygens (including phenoxy) is 1. The summed E-state index contributed by atoms with van der Waals surface area (Å²) in [5.41, 5.74) is 4.24. The van der Waals surface area contributed by atoms with Crippen LogP contribution in [0.25, 0.3) is 5.43 Å². The van der Waals surface area contributed by atoms with Crippen LogP contribution in [0.4, 0.5) is 14.9 Å². The van der Waals surface area contributed by atoms with Gasteiger partial charge in [-0.1, -0.05) is 6.07 Å². The van der Waals surface area contributed by atoms with E-state index in [1.54, 1.807) is 15.9 Å². The van der Waals surface area contributed by atoms with Crippen LogP contribution in [0.1, 0.15) is 69.3 Å². The quantitative estimate of drug-likeness (QED) is 0.379. The van der Waals surface area contributed by atoms with Crippen molar-refractivity contribution in [3.8, 4) is 0 Å². The van der Waals surface area contributed by atoms with Gasteiger partial charge in [-0.2, -0.15) is 0 Å². The molecule has 10 heteroatoms. The lowest BCUT2D eigenvalue weighted by Crippen LogP contribution is -2.50. The van der Waals surface area contributed by atoms with E-state index >= 15 is 4.39 Å². The number of amides is 2. The van der Waals surface area contributed by atoms with E-state index in [1.807, 2.05) is 12.1 Å². The summed E-state index contributed by atoms with van der Waals surface area (Å²) in [6.07, 6.45) is 8.50. The maximum absolute atomic E-state index is 15.5. The van der Waals surface area contributed by atoms with Crippen LogP contribution in [0.2, 0.25) is 0 Å². The zero-order valence-electron chi connectivity index (χ0n) is 24.1. The second-order valence-electron chi connectivity index (χ2n) is 12.8. The van der Waals surface area contributed by atoms with E-state index in [4.69, 9.17) is 4.74 Å². The number of hydrogen-bond acceptors (Lipinski definition) is 5. The predicted molar refractivity (Wildman–Crippen MR) is 157 cm³/mol. The molecule has 1 unspecified atom stereocenters. The molecule has 0 aromatic heterocycles. The van der Waals surface area contributed by atoms with E-state index in [0.29, 0.717) is 69.6 Å². The number of nitrogens with zero attached hydrogens (tertiary/aromatic N) is 6. The van der Waals surface area contributed by atoms with Crippen molar-refractivity contribution < 1.29 is 23.4 Å².